The number of hydrogen-bond acceptors (Lipinski definition) is 8. The minimum Gasteiger partial charge on any atom is -0.480 e. The molecule has 0 saturated heterocycles. The standard InChI is InChI=1S/C32H39N7O6/c1-22(31(43)37-23(2)32(44)45)36-29(41)14-13-28(40)35-18-15-24-9-11-25(12-10-24)38-30(42)21-39(19-26-7-3-5-16-33-26)20-27-8-4-6-17-34-27/h3-12,16-17,22-23H,13-15,18-21H2,1-2H3,(H,35,40)(H,36,41)(H,37,43)(H,38,42)(H,44,45)/t22-,23-/m1/s1. The molecule has 0 saturated carbocycles. The smallest absolute Gasteiger partial charge is 0.325 e. The van der Waals surface area contributed by atoms with Crippen LogP contribution < -0.4 is 21.3 Å². The lowest BCUT2D eigenvalue weighted by atomic mass is 10.1. The van der Waals surface area contributed by atoms with Crippen LogP contribution >= 0.6 is 0 Å². The molecule has 1 aromatic carbocycles. The number of hydrogen-bond donors (Lipinski definition) is 5. The minimum absolute atomic E-state index is 0.0612. The normalized spacial score (nSPS) is 12.1. The van der Waals surface area contributed by atoms with Crippen LogP contribution in [0.3, 0.4) is 0 Å². The Hall–Kier alpha value is -5.17. The lowest BCUT2D eigenvalue weighted by molar-refractivity contribution is -0.141. The highest BCUT2D eigenvalue weighted by Gasteiger charge is 2.20. The molecule has 238 valence electrons. The summed E-state index contributed by atoms with van der Waals surface area (Å²) in [6, 6.07) is 16.7. The number of aromatic nitrogens is 2. The molecular weight excluding hydrogens is 578 g/mol. The predicted molar refractivity (Wildman–Crippen MR) is 166 cm³/mol. The first-order valence-corrected chi connectivity index (χ1v) is 14.6. The van der Waals surface area contributed by atoms with Gasteiger partial charge < -0.3 is 26.4 Å². The molecule has 13 heteroatoms. The van der Waals surface area contributed by atoms with E-state index in [-0.39, 0.29) is 31.2 Å². The molecule has 0 bridgehead atoms. The van der Waals surface area contributed by atoms with Crippen LogP contribution in [-0.4, -0.2) is 74.7 Å². The SMILES string of the molecule is C[C@@H](NC(=O)[C@@H](C)NC(=O)CCC(=O)NCCc1ccc(NC(=O)CN(Cc2ccccn2)Cc2ccccn2)cc1)C(=O)O. The van der Waals surface area contributed by atoms with Gasteiger partial charge >= 0.3 is 5.97 Å². The fourth-order valence-electron chi connectivity index (χ4n) is 4.21. The van der Waals surface area contributed by atoms with Gasteiger partial charge in [-0.3, -0.25) is 38.8 Å². The summed E-state index contributed by atoms with van der Waals surface area (Å²) in [7, 11) is 0. The summed E-state index contributed by atoms with van der Waals surface area (Å²) in [4.78, 5) is 70.7. The van der Waals surface area contributed by atoms with Crippen molar-refractivity contribution in [3.05, 3.63) is 90.0 Å². The molecular formula is C32H39N7O6. The van der Waals surface area contributed by atoms with Gasteiger partial charge in [-0.1, -0.05) is 24.3 Å². The van der Waals surface area contributed by atoms with Crippen LogP contribution in [0.2, 0.25) is 0 Å². The number of carboxylic acids is 1. The molecule has 2 aromatic heterocycles. The van der Waals surface area contributed by atoms with Gasteiger partial charge in [0.1, 0.15) is 12.1 Å². The van der Waals surface area contributed by atoms with E-state index in [0.717, 1.165) is 17.0 Å². The fourth-order valence-corrected chi connectivity index (χ4v) is 4.21. The van der Waals surface area contributed by atoms with Crippen LogP contribution in [0.4, 0.5) is 5.69 Å². The number of rotatable bonds is 17. The van der Waals surface area contributed by atoms with Crippen molar-refractivity contribution >= 4 is 35.3 Å². The van der Waals surface area contributed by atoms with E-state index in [1.165, 1.54) is 13.8 Å². The van der Waals surface area contributed by atoms with Gasteiger partial charge in [0.15, 0.2) is 0 Å². The number of carbonyl (C=O) groups excluding carboxylic acids is 4. The number of carboxylic acid groups (broad SMARTS) is 1. The Morgan fingerprint density at radius 3 is 1.91 bits per heavy atom. The molecule has 0 radical (unpaired) electrons. The number of benzene rings is 1. The second-order valence-corrected chi connectivity index (χ2v) is 10.5. The van der Waals surface area contributed by atoms with Gasteiger partial charge in [-0.25, -0.2) is 0 Å². The Morgan fingerprint density at radius 1 is 0.756 bits per heavy atom. The molecule has 0 aliphatic rings. The molecule has 4 amide bonds. The van der Waals surface area contributed by atoms with E-state index < -0.39 is 29.9 Å². The van der Waals surface area contributed by atoms with Gasteiger partial charge in [-0.05, 0) is 62.2 Å². The second-order valence-electron chi connectivity index (χ2n) is 10.5. The number of aliphatic carboxylic acids is 1. The summed E-state index contributed by atoms with van der Waals surface area (Å²) in [6.07, 6.45) is 3.81. The van der Waals surface area contributed by atoms with Crippen LogP contribution in [0.25, 0.3) is 0 Å². The molecule has 0 fully saturated rings. The summed E-state index contributed by atoms with van der Waals surface area (Å²) in [5, 5.41) is 19.3. The Kier molecular flexibility index (Phi) is 13.6. The Balaban J connectivity index is 1.38. The molecule has 5 N–H and O–H groups in total. The summed E-state index contributed by atoms with van der Waals surface area (Å²) in [5.41, 5.74) is 3.30. The zero-order valence-corrected chi connectivity index (χ0v) is 25.4. The minimum atomic E-state index is -1.19. The van der Waals surface area contributed by atoms with E-state index in [2.05, 4.69) is 31.2 Å². The van der Waals surface area contributed by atoms with Gasteiger partial charge in [0.25, 0.3) is 0 Å². The highest BCUT2D eigenvalue weighted by Crippen LogP contribution is 2.12. The van der Waals surface area contributed by atoms with Gasteiger partial charge in [0, 0.05) is 50.6 Å². The molecule has 0 spiro atoms. The Morgan fingerprint density at radius 2 is 1.36 bits per heavy atom. The summed E-state index contributed by atoms with van der Waals surface area (Å²) < 4.78 is 0. The number of amides is 4. The highest BCUT2D eigenvalue weighted by molar-refractivity contribution is 5.92. The first-order valence-electron chi connectivity index (χ1n) is 14.6. The van der Waals surface area contributed by atoms with Gasteiger partial charge in [-0.15, -0.1) is 0 Å². The largest absolute Gasteiger partial charge is 0.480 e. The van der Waals surface area contributed by atoms with E-state index in [4.69, 9.17) is 5.11 Å². The molecule has 2 atom stereocenters. The van der Waals surface area contributed by atoms with Crippen molar-refractivity contribution in [2.75, 3.05) is 18.4 Å². The maximum Gasteiger partial charge on any atom is 0.325 e. The summed E-state index contributed by atoms with van der Waals surface area (Å²) >= 11 is 0. The van der Waals surface area contributed by atoms with Crippen LogP contribution in [0.1, 0.15) is 43.6 Å². The third-order valence-corrected chi connectivity index (χ3v) is 6.64. The van der Waals surface area contributed by atoms with E-state index in [1.807, 2.05) is 53.4 Å². The zero-order valence-electron chi connectivity index (χ0n) is 25.4. The Bertz CT molecular complexity index is 1380. The molecule has 0 aliphatic carbocycles. The van der Waals surface area contributed by atoms with Crippen molar-refractivity contribution in [1.82, 2.24) is 30.8 Å². The lowest BCUT2D eigenvalue weighted by Crippen LogP contribution is -2.49. The van der Waals surface area contributed by atoms with E-state index in [9.17, 15) is 24.0 Å². The van der Waals surface area contributed by atoms with Crippen molar-refractivity contribution < 1.29 is 29.1 Å². The molecule has 2 heterocycles. The van der Waals surface area contributed by atoms with Crippen LogP contribution in [0.15, 0.2) is 73.1 Å². The van der Waals surface area contributed by atoms with Crippen LogP contribution in [0, 0.1) is 0 Å². The zero-order chi connectivity index (χ0) is 32.6. The number of pyridine rings is 2. The summed E-state index contributed by atoms with van der Waals surface area (Å²) in [6.45, 7) is 4.23. The molecule has 3 aromatic rings. The molecule has 45 heavy (non-hydrogen) atoms. The van der Waals surface area contributed by atoms with Crippen LogP contribution in [-0.2, 0) is 43.5 Å². The van der Waals surface area contributed by atoms with Crippen molar-refractivity contribution in [3.63, 3.8) is 0 Å². The van der Waals surface area contributed by atoms with Gasteiger partial charge in [0.05, 0.1) is 17.9 Å². The van der Waals surface area contributed by atoms with Crippen molar-refractivity contribution in [2.45, 2.75) is 58.3 Å². The van der Waals surface area contributed by atoms with Crippen molar-refractivity contribution in [2.24, 2.45) is 0 Å². The monoisotopic (exact) mass is 617 g/mol. The fraction of sp³-hybridized carbons (Fsp3) is 0.344. The van der Waals surface area contributed by atoms with Gasteiger partial charge in [-0.2, -0.15) is 0 Å². The van der Waals surface area contributed by atoms with Crippen molar-refractivity contribution in [3.8, 4) is 0 Å². The summed E-state index contributed by atoms with van der Waals surface area (Å²) in [5.74, 6) is -2.79. The maximum atomic E-state index is 12.9. The number of nitrogens with one attached hydrogen (secondary N) is 4. The quantitative estimate of drug-likeness (QED) is 0.150. The molecule has 0 aliphatic heterocycles. The third-order valence-electron chi connectivity index (χ3n) is 6.64. The first-order chi connectivity index (χ1) is 21.6. The van der Waals surface area contributed by atoms with Crippen LogP contribution in [0.5, 0.6) is 0 Å². The predicted octanol–water partition coefficient (Wildman–Crippen LogP) is 1.65. The molecule has 13 nitrogen and oxygen atoms in total. The van der Waals surface area contributed by atoms with Gasteiger partial charge in [0.2, 0.25) is 23.6 Å². The van der Waals surface area contributed by atoms with E-state index in [1.54, 1.807) is 24.5 Å². The molecule has 0 unspecified atom stereocenters. The number of carbonyl (C=O) groups is 5. The Labute approximate surface area is 261 Å². The molecule has 3 rings (SSSR count). The highest BCUT2D eigenvalue weighted by atomic mass is 16.4. The maximum absolute atomic E-state index is 12.9. The first kappa shape index (κ1) is 34.3. The average Bonchev–Trinajstić information content (AvgIpc) is 3.01. The van der Waals surface area contributed by atoms with E-state index in [0.29, 0.717) is 31.7 Å². The lowest BCUT2D eigenvalue weighted by Gasteiger charge is -2.21. The third kappa shape index (κ3) is 12.9. The van der Waals surface area contributed by atoms with Crippen molar-refractivity contribution in [1.29, 1.82) is 0 Å². The average molecular weight is 618 g/mol. The second kappa shape index (κ2) is 17.8. The topological polar surface area (TPSA) is 183 Å². The number of anilines is 1. The van der Waals surface area contributed by atoms with E-state index >= 15 is 0 Å². The number of nitrogens with zero attached hydrogens (tertiary/aromatic N) is 3.